The molecule has 1 aliphatic carbocycles. The summed E-state index contributed by atoms with van der Waals surface area (Å²) in [5.74, 6) is 7.30. The zero-order chi connectivity index (χ0) is 24.0. The molecule has 33 heavy (non-hydrogen) atoms. The van der Waals surface area contributed by atoms with Gasteiger partial charge in [0.05, 0.1) is 29.7 Å². The highest BCUT2D eigenvalue weighted by atomic mass is 19.1. The van der Waals surface area contributed by atoms with Crippen molar-refractivity contribution in [1.82, 2.24) is 20.1 Å². The average molecular weight is 462 g/mol. The third-order valence-electron chi connectivity index (χ3n) is 5.78. The van der Waals surface area contributed by atoms with E-state index in [9.17, 15) is 4.39 Å². The maximum absolute atomic E-state index is 15.0. The topological polar surface area (TPSA) is 128 Å². The minimum absolute atomic E-state index is 0.0309. The quantitative estimate of drug-likeness (QED) is 0.358. The summed E-state index contributed by atoms with van der Waals surface area (Å²) in [6.07, 6.45) is 7.21. The van der Waals surface area contributed by atoms with Gasteiger partial charge in [0.15, 0.2) is 5.82 Å². The highest BCUT2D eigenvalue weighted by molar-refractivity contribution is 5.64. The Morgan fingerprint density at radius 3 is 2.70 bits per heavy atom. The number of aryl methyl sites for hydroxylation is 2. The average Bonchev–Trinajstić information content (AvgIpc) is 3.23. The number of rotatable bonds is 10. The molecule has 0 atom stereocenters. The van der Waals surface area contributed by atoms with Crippen LogP contribution in [0.5, 0.6) is 5.75 Å². The Kier molecular flexibility index (Phi) is 8.49. The van der Waals surface area contributed by atoms with Crippen molar-refractivity contribution < 1.29 is 13.7 Å². The van der Waals surface area contributed by atoms with Crippen LogP contribution in [0.2, 0.25) is 0 Å². The Morgan fingerprint density at radius 2 is 2.03 bits per heavy atom. The number of hydrogen-bond donors (Lipinski definition) is 3. The molecule has 10 heteroatoms. The number of hydrogen-bond acceptors (Lipinski definition) is 9. The second-order valence-electron chi connectivity index (χ2n) is 9.05. The van der Waals surface area contributed by atoms with Gasteiger partial charge < -0.3 is 25.3 Å². The van der Waals surface area contributed by atoms with Gasteiger partial charge >= 0.3 is 0 Å². The molecule has 2 aromatic heterocycles. The highest BCUT2D eigenvalue weighted by Gasteiger charge is 2.21. The number of hydrazine groups is 1. The van der Waals surface area contributed by atoms with Gasteiger partial charge in [-0.2, -0.15) is 4.98 Å². The van der Waals surface area contributed by atoms with Crippen LogP contribution >= 0.6 is 0 Å². The SMILES string of the molecule is Cc1nc(/C(N)=C(\CNc2noc(CCC(C)C)n2)N(C)N)c(F)cc1OC1CCCCC1. The molecule has 3 rings (SSSR count). The predicted molar refractivity (Wildman–Crippen MR) is 125 cm³/mol. The van der Waals surface area contributed by atoms with Crippen LogP contribution in [0.25, 0.3) is 5.70 Å². The minimum atomic E-state index is -0.557. The highest BCUT2D eigenvalue weighted by Crippen LogP contribution is 2.28. The Morgan fingerprint density at radius 1 is 1.30 bits per heavy atom. The molecule has 1 fully saturated rings. The lowest BCUT2D eigenvalue weighted by molar-refractivity contribution is 0.152. The molecular weight excluding hydrogens is 425 g/mol. The smallest absolute Gasteiger partial charge is 0.263 e. The fourth-order valence-corrected chi connectivity index (χ4v) is 3.78. The summed E-state index contributed by atoms with van der Waals surface area (Å²) in [5, 5.41) is 8.29. The van der Waals surface area contributed by atoms with E-state index in [2.05, 4.69) is 34.3 Å². The molecule has 0 unspecified atom stereocenters. The largest absolute Gasteiger partial charge is 0.488 e. The molecule has 0 saturated heterocycles. The predicted octanol–water partition coefficient (Wildman–Crippen LogP) is 3.76. The van der Waals surface area contributed by atoms with Crippen molar-refractivity contribution in [3.8, 4) is 5.75 Å². The second-order valence-corrected chi connectivity index (χ2v) is 9.05. The van der Waals surface area contributed by atoms with Crippen LogP contribution in [0.4, 0.5) is 10.3 Å². The molecule has 5 N–H and O–H groups in total. The first kappa shape index (κ1) is 24.8. The fourth-order valence-electron chi connectivity index (χ4n) is 3.78. The van der Waals surface area contributed by atoms with E-state index >= 15 is 0 Å². The molecule has 0 amide bonds. The first-order chi connectivity index (χ1) is 15.7. The van der Waals surface area contributed by atoms with Gasteiger partial charge in [-0.25, -0.2) is 15.2 Å². The van der Waals surface area contributed by atoms with Crippen LogP contribution in [0, 0.1) is 18.7 Å². The van der Waals surface area contributed by atoms with E-state index in [-0.39, 0.29) is 24.0 Å². The number of likely N-dealkylation sites (N-methyl/N-ethyl adjacent to an activating group) is 1. The van der Waals surface area contributed by atoms with Crippen LogP contribution in [0.3, 0.4) is 0 Å². The maximum atomic E-state index is 15.0. The first-order valence-corrected chi connectivity index (χ1v) is 11.6. The third-order valence-corrected chi connectivity index (χ3v) is 5.78. The van der Waals surface area contributed by atoms with Gasteiger partial charge in [-0.3, -0.25) is 0 Å². The molecule has 182 valence electrons. The minimum Gasteiger partial charge on any atom is -0.488 e. The number of nitrogens with two attached hydrogens (primary N) is 2. The lowest BCUT2D eigenvalue weighted by atomic mass is 9.98. The van der Waals surface area contributed by atoms with E-state index in [1.54, 1.807) is 14.0 Å². The Labute approximate surface area is 194 Å². The van der Waals surface area contributed by atoms with Crippen molar-refractivity contribution >= 4 is 11.6 Å². The normalized spacial score (nSPS) is 15.5. The summed E-state index contributed by atoms with van der Waals surface area (Å²) < 4.78 is 26.3. The van der Waals surface area contributed by atoms with Crippen LogP contribution < -0.4 is 21.6 Å². The number of aromatic nitrogens is 3. The van der Waals surface area contributed by atoms with E-state index in [1.165, 1.54) is 17.5 Å². The van der Waals surface area contributed by atoms with Gasteiger partial charge in [-0.05, 0) is 50.1 Å². The molecule has 2 aromatic rings. The van der Waals surface area contributed by atoms with Crippen molar-refractivity contribution in [2.45, 2.75) is 71.8 Å². The monoisotopic (exact) mass is 461 g/mol. The Hall–Kier alpha value is -2.88. The molecule has 2 heterocycles. The fraction of sp³-hybridized carbons (Fsp3) is 0.609. The summed E-state index contributed by atoms with van der Waals surface area (Å²) in [5.41, 5.74) is 7.48. The maximum Gasteiger partial charge on any atom is 0.263 e. The van der Waals surface area contributed by atoms with Crippen LogP contribution in [0.15, 0.2) is 16.3 Å². The molecule has 0 aliphatic heterocycles. The summed E-state index contributed by atoms with van der Waals surface area (Å²) >= 11 is 0. The molecule has 0 radical (unpaired) electrons. The molecular formula is C23H36FN7O2. The van der Waals surface area contributed by atoms with E-state index in [1.807, 2.05) is 0 Å². The molecule has 1 aliphatic rings. The Bertz CT molecular complexity index is 952. The van der Waals surface area contributed by atoms with Gasteiger partial charge in [-0.15, -0.1) is 0 Å². The summed E-state index contributed by atoms with van der Waals surface area (Å²) in [7, 11) is 1.62. The van der Waals surface area contributed by atoms with Crippen LogP contribution in [0.1, 0.15) is 69.7 Å². The molecule has 0 bridgehead atoms. The zero-order valence-corrected chi connectivity index (χ0v) is 20.0. The van der Waals surface area contributed by atoms with Crippen LogP contribution in [-0.4, -0.2) is 39.8 Å². The molecule has 1 saturated carbocycles. The lowest BCUT2D eigenvalue weighted by Gasteiger charge is -2.24. The van der Waals surface area contributed by atoms with Crippen molar-refractivity contribution in [1.29, 1.82) is 0 Å². The third kappa shape index (κ3) is 6.80. The Balaban J connectivity index is 1.74. The number of ether oxygens (including phenoxy) is 1. The number of halogens is 1. The number of pyridine rings is 1. The molecule has 0 aromatic carbocycles. The molecule has 9 nitrogen and oxygen atoms in total. The van der Waals surface area contributed by atoms with Gasteiger partial charge in [0, 0.05) is 19.5 Å². The zero-order valence-electron chi connectivity index (χ0n) is 20.0. The first-order valence-electron chi connectivity index (χ1n) is 11.6. The molecule has 0 spiro atoms. The van der Waals surface area contributed by atoms with E-state index < -0.39 is 5.82 Å². The van der Waals surface area contributed by atoms with Gasteiger partial charge in [0.1, 0.15) is 11.4 Å². The van der Waals surface area contributed by atoms with Gasteiger partial charge in [0.2, 0.25) is 5.89 Å². The lowest BCUT2D eigenvalue weighted by Crippen LogP contribution is -2.32. The van der Waals surface area contributed by atoms with E-state index in [4.69, 9.17) is 20.8 Å². The number of anilines is 1. The second kappa shape index (κ2) is 11.3. The van der Waals surface area contributed by atoms with Crippen molar-refractivity contribution in [3.05, 3.63) is 34.9 Å². The van der Waals surface area contributed by atoms with Crippen molar-refractivity contribution in [3.63, 3.8) is 0 Å². The standard InChI is InChI=1S/C23H36FN7O2/c1-14(2)10-11-20-29-23(30-33-20)27-13-18(31(4)26)21(25)22-17(24)12-19(15(3)28-22)32-16-8-6-5-7-9-16/h12,14,16H,5-11,13,25-26H2,1-4H3,(H,27,30)/b21-18-. The van der Waals surface area contributed by atoms with Crippen molar-refractivity contribution in [2.75, 3.05) is 18.9 Å². The number of nitrogens with one attached hydrogen (secondary N) is 1. The number of nitrogens with zero attached hydrogens (tertiary/aromatic N) is 4. The van der Waals surface area contributed by atoms with Crippen LogP contribution in [-0.2, 0) is 6.42 Å². The van der Waals surface area contributed by atoms with Gasteiger partial charge in [-0.1, -0.05) is 20.3 Å². The van der Waals surface area contributed by atoms with Crippen molar-refractivity contribution in [2.24, 2.45) is 17.5 Å². The summed E-state index contributed by atoms with van der Waals surface area (Å²) in [6.45, 7) is 6.23. The van der Waals surface area contributed by atoms with E-state index in [0.717, 1.165) is 32.1 Å². The van der Waals surface area contributed by atoms with E-state index in [0.29, 0.717) is 41.3 Å². The summed E-state index contributed by atoms with van der Waals surface area (Å²) in [6, 6.07) is 1.36. The van der Waals surface area contributed by atoms with Gasteiger partial charge in [0.25, 0.3) is 5.95 Å². The summed E-state index contributed by atoms with van der Waals surface area (Å²) in [4.78, 5) is 8.73.